The number of carboxylic acid groups (broad SMARTS) is 1. The zero-order valence-electron chi connectivity index (χ0n) is 11.8. The number of nitrogens with zero attached hydrogens (tertiary/aromatic N) is 2. The molecule has 0 aromatic heterocycles. The number of rotatable bonds is 3. The molecule has 21 heavy (non-hydrogen) atoms. The second-order valence-electron chi connectivity index (χ2n) is 5.51. The third-order valence-corrected chi connectivity index (χ3v) is 4.59. The molecule has 1 unspecified atom stereocenters. The average molecular weight is 311 g/mol. The predicted molar refractivity (Wildman–Crippen MR) is 81.4 cm³/mol. The smallest absolute Gasteiger partial charge is 0.337 e. The lowest BCUT2D eigenvalue weighted by Gasteiger charge is -2.32. The lowest BCUT2D eigenvalue weighted by molar-refractivity contribution is 0.0209. The van der Waals surface area contributed by atoms with Crippen LogP contribution in [0.15, 0.2) is 18.2 Å². The SMILES string of the molecule is O=C(O)c1ccc(N2CCC(N3CCOCC3)C2)cc1Cl. The van der Waals surface area contributed by atoms with Crippen molar-refractivity contribution < 1.29 is 14.6 Å². The van der Waals surface area contributed by atoms with Gasteiger partial charge in [-0.2, -0.15) is 0 Å². The van der Waals surface area contributed by atoms with E-state index in [2.05, 4.69) is 9.80 Å². The molecule has 1 aromatic rings. The molecule has 2 aliphatic rings. The van der Waals surface area contributed by atoms with E-state index in [0.29, 0.717) is 11.1 Å². The molecule has 6 heteroatoms. The van der Waals surface area contributed by atoms with E-state index in [1.165, 1.54) is 0 Å². The summed E-state index contributed by atoms with van der Waals surface area (Å²) in [6.07, 6.45) is 1.12. The first-order valence-electron chi connectivity index (χ1n) is 7.25. The third-order valence-electron chi connectivity index (χ3n) is 4.27. The zero-order chi connectivity index (χ0) is 14.8. The molecule has 3 rings (SSSR count). The number of aromatic carboxylic acids is 1. The van der Waals surface area contributed by atoms with E-state index in [1.54, 1.807) is 12.1 Å². The number of carboxylic acids is 1. The molecule has 0 bridgehead atoms. The van der Waals surface area contributed by atoms with E-state index in [4.69, 9.17) is 21.4 Å². The van der Waals surface area contributed by atoms with Crippen LogP contribution in [-0.4, -0.2) is 61.4 Å². The van der Waals surface area contributed by atoms with Crippen LogP contribution in [0, 0.1) is 0 Å². The number of hydrogen-bond donors (Lipinski definition) is 1. The Balaban J connectivity index is 1.68. The number of hydrogen-bond acceptors (Lipinski definition) is 4. The van der Waals surface area contributed by atoms with Crippen LogP contribution < -0.4 is 4.90 Å². The standard InChI is InChI=1S/C15H19ClN2O3/c16-14-9-11(1-2-13(14)15(19)20)18-4-3-12(10-18)17-5-7-21-8-6-17/h1-2,9,12H,3-8,10H2,(H,19,20). The minimum atomic E-state index is -0.987. The molecule has 0 saturated carbocycles. The normalized spacial score (nSPS) is 23.5. The molecule has 0 amide bonds. The fourth-order valence-corrected chi connectivity index (χ4v) is 3.35. The maximum absolute atomic E-state index is 11.0. The second kappa shape index (κ2) is 6.22. The van der Waals surface area contributed by atoms with Crippen molar-refractivity contribution in [3.05, 3.63) is 28.8 Å². The molecule has 2 heterocycles. The summed E-state index contributed by atoms with van der Waals surface area (Å²) in [6.45, 7) is 5.56. The van der Waals surface area contributed by atoms with Crippen LogP contribution in [0.1, 0.15) is 16.8 Å². The van der Waals surface area contributed by atoms with E-state index in [1.807, 2.05) is 6.07 Å². The highest BCUT2D eigenvalue weighted by Crippen LogP contribution is 2.28. The zero-order valence-corrected chi connectivity index (χ0v) is 12.6. The number of carbonyl (C=O) groups is 1. The van der Waals surface area contributed by atoms with Crippen molar-refractivity contribution in [3.63, 3.8) is 0 Å². The Morgan fingerprint density at radius 3 is 2.71 bits per heavy atom. The number of anilines is 1. The van der Waals surface area contributed by atoms with Crippen molar-refractivity contribution in [2.75, 3.05) is 44.3 Å². The minimum absolute atomic E-state index is 0.157. The minimum Gasteiger partial charge on any atom is -0.478 e. The van der Waals surface area contributed by atoms with E-state index in [0.717, 1.165) is 51.5 Å². The highest BCUT2D eigenvalue weighted by molar-refractivity contribution is 6.33. The van der Waals surface area contributed by atoms with E-state index >= 15 is 0 Å². The topological polar surface area (TPSA) is 53.0 Å². The van der Waals surface area contributed by atoms with Gasteiger partial charge < -0.3 is 14.7 Å². The summed E-state index contributed by atoms with van der Waals surface area (Å²) in [5.74, 6) is -0.987. The van der Waals surface area contributed by atoms with Crippen LogP contribution in [-0.2, 0) is 4.74 Å². The quantitative estimate of drug-likeness (QED) is 0.925. The van der Waals surface area contributed by atoms with E-state index in [9.17, 15) is 4.79 Å². The van der Waals surface area contributed by atoms with Crippen molar-refractivity contribution in [1.82, 2.24) is 4.90 Å². The van der Waals surface area contributed by atoms with E-state index < -0.39 is 5.97 Å². The van der Waals surface area contributed by atoms with Crippen LogP contribution in [0.5, 0.6) is 0 Å². The predicted octanol–water partition coefficient (Wildman–Crippen LogP) is 1.95. The molecular formula is C15H19ClN2O3. The van der Waals surface area contributed by atoms with Crippen LogP contribution in [0.25, 0.3) is 0 Å². The molecule has 1 N–H and O–H groups in total. The number of halogens is 1. The van der Waals surface area contributed by atoms with Gasteiger partial charge in [0.15, 0.2) is 0 Å². The van der Waals surface area contributed by atoms with Gasteiger partial charge in [0, 0.05) is 37.9 Å². The van der Waals surface area contributed by atoms with Gasteiger partial charge in [-0.1, -0.05) is 11.6 Å². The van der Waals surface area contributed by atoms with Gasteiger partial charge in [-0.05, 0) is 24.6 Å². The summed E-state index contributed by atoms with van der Waals surface area (Å²) in [6, 6.07) is 5.73. The fraction of sp³-hybridized carbons (Fsp3) is 0.533. The summed E-state index contributed by atoms with van der Waals surface area (Å²) >= 11 is 6.05. The molecule has 114 valence electrons. The molecule has 1 atom stereocenters. The van der Waals surface area contributed by atoms with Gasteiger partial charge in [0.2, 0.25) is 0 Å². The first-order chi connectivity index (χ1) is 10.1. The largest absolute Gasteiger partial charge is 0.478 e. The highest BCUT2D eigenvalue weighted by Gasteiger charge is 2.29. The molecule has 2 saturated heterocycles. The summed E-state index contributed by atoms with van der Waals surface area (Å²) < 4.78 is 5.39. The van der Waals surface area contributed by atoms with Crippen molar-refractivity contribution >= 4 is 23.3 Å². The number of benzene rings is 1. The summed E-state index contributed by atoms with van der Waals surface area (Å²) in [7, 11) is 0. The fourth-order valence-electron chi connectivity index (χ4n) is 3.09. The maximum Gasteiger partial charge on any atom is 0.337 e. The molecule has 2 aliphatic heterocycles. The van der Waals surface area contributed by atoms with Crippen LogP contribution >= 0.6 is 11.6 Å². The summed E-state index contributed by atoms with van der Waals surface area (Å²) in [5, 5.41) is 9.32. The second-order valence-corrected chi connectivity index (χ2v) is 5.91. The molecule has 1 aromatic carbocycles. The van der Waals surface area contributed by atoms with Gasteiger partial charge in [0.1, 0.15) is 0 Å². The van der Waals surface area contributed by atoms with Gasteiger partial charge in [0.05, 0.1) is 23.8 Å². The average Bonchev–Trinajstić information content (AvgIpc) is 2.97. The Labute approximate surface area is 129 Å². The lowest BCUT2D eigenvalue weighted by Crippen LogP contribution is -2.44. The third kappa shape index (κ3) is 3.15. The number of ether oxygens (including phenoxy) is 1. The first-order valence-corrected chi connectivity index (χ1v) is 7.62. The van der Waals surface area contributed by atoms with Gasteiger partial charge in [-0.3, -0.25) is 4.90 Å². The molecular weight excluding hydrogens is 292 g/mol. The van der Waals surface area contributed by atoms with Crippen molar-refractivity contribution in [3.8, 4) is 0 Å². The van der Waals surface area contributed by atoms with Crippen LogP contribution in [0.2, 0.25) is 5.02 Å². The van der Waals surface area contributed by atoms with Gasteiger partial charge in [0.25, 0.3) is 0 Å². The van der Waals surface area contributed by atoms with Crippen LogP contribution in [0.4, 0.5) is 5.69 Å². The molecule has 0 radical (unpaired) electrons. The molecule has 0 spiro atoms. The highest BCUT2D eigenvalue weighted by atomic mass is 35.5. The summed E-state index contributed by atoms with van der Waals surface area (Å²) in [5.41, 5.74) is 1.16. The van der Waals surface area contributed by atoms with Gasteiger partial charge >= 0.3 is 5.97 Å². The van der Waals surface area contributed by atoms with Crippen molar-refractivity contribution in [2.24, 2.45) is 0 Å². The molecule has 0 aliphatic carbocycles. The van der Waals surface area contributed by atoms with E-state index in [-0.39, 0.29) is 5.56 Å². The first kappa shape index (κ1) is 14.6. The Bertz CT molecular complexity index is 532. The number of morpholine rings is 1. The van der Waals surface area contributed by atoms with Crippen molar-refractivity contribution in [2.45, 2.75) is 12.5 Å². The maximum atomic E-state index is 11.0. The van der Waals surface area contributed by atoms with Crippen LogP contribution in [0.3, 0.4) is 0 Å². The Morgan fingerprint density at radius 1 is 1.29 bits per heavy atom. The lowest BCUT2D eigenvalue weighted by atomic mass is 10.2. The Morgan fingerprint density at radius 2 is 2.05 bits per heavy atom. The van der Waals surface area contributed by atoms with Gasteiger partial charge in [-0.15, -0.1) is 0 Å². The molecule has 5 nitrogen and oxygen atoms in total. The van der Waals surface area contributed by atoms with Crippen molar-refractivity contribution in [1.29, 1.82) is 0 Å². The molecule has 2 fully saturated rings. The Hall–Kier alpha value is -1.30. The monoisotopic (exact) mass is 310 g/mol. The Kier molecular flexibility index (Phi) is 4.33. The van der Waals surface area contributed by atoms with Gasteiger partial charge in [-0.25, -0.2) is 4.79 Å². The summed E-state index contributed by atoms with van der Waals surface area (Å²) in [4.78, 5) is 15.8.